The molecule has 0 spiro atoms. The van der Waals surface area contributed by atoms with Gasteiger partial charge >= 0.3 is 0 Å². The van der Waals surface area contributed by atoms with E-state index in [0.717, 1.165) is 11.1 Å². The Morgan fingerprint density at radius 2 is 1.19 bits per heavy atom. The van der Waals surface area contributed by atoms with E-state index in [1.165, 1.54) is 0 Å². The molecule has 6 rings (SSSR count). The molecule has 328 valence electrons. The van der Waals surface area contributed by atoms with E-state index in [1.54, 1.807) is 38.2 Å². The number of rotatable bonds is 19. The van der Waals surface area contributed by atoms with Gasteiger partial charge in [-0.2, -0.15) is 0 Å². The van der Waals surface area contributed by atoms with Gasteiger partial charge in [0.05, 0.1) is 69.4 Å². The van der Waals surface area contributed by atoms with E-state index < -0.39 is 85.1 Å². The van der Waals surface area contributed by atoms with Gasteiger partial charge in [0.15, 0.2) is 12.6 Å². The zero-order valence-electron chi connectivity index (χ0n) is 34.9. The number of benzene rings is 3. The van der Waals surface area contributed by atoms with Crippen LogP contribution in [0.3, 0.4) is 0 Å². The lowest BCUT2D eigenvalue weighted by atomic mass is 9.83. The van der Waals surface area contributed by atoms with Crippen LogP contribution in [0.25, 0.3) is 41.8 Å². The summed E-state index contributed by atoms with van der Waals surface area (Å²) in [4.78, 5) is 11.8. The first-order chi connectivity index (χ1) is 30.6. The predicted octanol–water partition coefficient (Wildman–Crippen LogP) is 6.04. The molecule has 22 nitrogen and oxygen atoms in total. The third-order valence-corrected chi connectivity index (χ3v) is 10.8. The summed E-state index contributed by atoms with van der Waals surface area (Å²) < 4.78 is 54.1. The molecule has 1 aliphatic carbocycles. The Bertz CT molecular complexity index is 2130. The first-order valence-corrected chi connectivity index (χ1v) is 19.8. The van der Waals surface area contributed by atoms with Crippen LogP contribution in [0.15, 0.2) is 111 Å². The van der Waals surface area contributed by atoms with E-state index in [-0.39, 0.29) is 39.4 Å². The maximum Gasteiger partial charge on any atom is 0.185 e. The van der Waals surface area contributed by atoms with Gasteiger partial charge in [0.25, 0.3) is 0 Å². The van der Waals surface area contributed by atoms with Crippen molar-refractivity contribution in [2.75, 3.05) is 20.2 Å². The van der Waals surface area contributed by atoms with Crippen LogP contribution in [-0.2, 0) is 53.0 Å². The molecule has 0 radical (unpaired) electrons. The molecular weight excluding hydrogens is 807 g/mol. The molecule has 22 heteroatoms. The molecule has 3 aromatic carbocycles. The van der Waals surface area contributed by atoms with E-state index in [9.17, 15) is 33.7 Å². The van der Waals surface area contributed by atoms with Gasteiger partial charge in [-0.1, -0.05) is 111 Å². The average molecular weight is 857 g/mol. The van der Waals surface area contributed by atoms with Crippen molar-refractivity contribution >= 4 is 0 Å². The summed E-state index contributed by atoms with van der Waals surface area (Å²) in [5, 5.41) is 42.0. The molecule has 2 aliphatic heterocycles. The second-order valence-electron chi connectivity index (χ2n) is 15.0. The molecule has 2 saturated heterocycles. The second-order valence-corrected chi connectivity index (χ2v) is 15.0. The van der Waals surface area contributed by atoms with Crippen molar-refractivity contribution in [3.05, 3.63) is 149 Å². The van der Waals surface area contributed by atoms with Crippen LogP contribution in [0.2, 0.25) is 0 Å². The topological polar surface area (TPSA) is 312 Å². The Morgan fingerprint density at radius 1 is 0.710 bits per heavy atom. The van der Waals surface area contributed by atoms with Crippen molar-refractivity contribution < 1.29 is 44.7 Å². The summed E-state index contributed by atoms with van der Waals surface area (Å²) in [6.45, 7) is 0.981. The number of hydrogen-bond acceptors (Lipinski definition) is 14. The van der Waals surface area contributed by atoms with Gasteiger partial charge in [0, 0.05) is 21.0 Å². The number of aliphatic hydroxyl groups excluding tert-OH is 1. The average Bonchev–Trinajstić information content (AvgIpc) is 3.28. The van der Waals surface area contributed by atoms with E-state index >= 15 is 0 Å². The van der Waals surface area contributed by atoms with E-state index in [2.05, 4.69) is 45.4 Å². The number of nitrogens with zero attached hydrogens (tertiary/aromatic N) is 12. The van der Waals surface area contributed by atoms with Crippen molar-refractivity contribution in [2.24, 2.45) is 20.5 Å². The number of nitrogens with one attached hydrogen (secondary N) is 1. The molecule has 1 saturated carbocycles. The maximum atomic E-state index is 12.3. The van der Waals surface area contributed by atoms with Gasteiger partial charge in [-0.3, -0.25) is 0 Å². The number of likely N-dealkylation sites (N-methyl/N-ethyl adjacent to an activating group) is 1. The summed E-state index contributed by atoms with van der Waals surface area (Å²) in [6, 6.07) is 21.6. The van der Waals surface area contributed by atoms with Crippen molar-refractivity contribution in [3.8, 4) is 0 Å². The first kappa shape index (κ1) is 44.6. The minimum Gasteiger partial charge on any atom is -0.388 e. The quantitative estimate of drug-likeness (QED) is 0.0712. The molecule has 62 heavy (non-hydrogen) atoms. The highest BCUT2D eigenvalue weighted by molar-refractivity contribution is 5.16. The molecule has 3 aliphatic rings. The van der Waals surface area contributed by atoms with Crippen LogP contribution in [-0.4, -0.2) is 115 Å². The largest absolute Gasteiger partial charge is 0.388 e. The van der Waals surface area contributed by atoms with Crippen LogP contribution in [0.1, 0.15) is 31.4 Å². The van der Waals surface area contributed by atoms with Crippen LogP contribution < -0.4 is 5.32 Å². The highest BCUT2D eigenvalue weighted by Crippen LogP contribution is 2.38. The number of aliphatic hydroxyl groups is 2. The highest BCUT2D eigenvalue weighted by atomic mass is 16.7. The van der Waals surface area contributed by atoms with Crippen molar-refractivity contribution in [3.63, 3.8) is 0 Å². The van der Waals surface area contributed by atoms with E-state index in [4.69, 9.17) is 33.2 Å². The lowest BCUT2D eigenvalue weighted by Gasteiger charge is -2.50. The minimum absolute atomic E-state index is 0.00600. The second kappa shape index (κ2) is 22.6. The zero-order chi connectivity index (χ0) is 44.8. The fourth-order valence-corrected chi connectivity index (χ4v) is 7.86. The molecule has 3 fully saturated rings. The molecule has 14 atom stereocenters. The lowest BCUT2D eigenvalue weighted by molar-refractivity contribution is -0.322. The lowest BCUT2D eigenvalue weighted by Crippen LogP contribution is -2.68. The van der Waals surface area contributed by atoms with Gasteiger partial charge in [-0.05, 0) is 59.2 Å². The Labute approximate surface area is 357 Å². The highest BCUT2D eigenvalue weighted by Gasteiger charge is 2.54. The zero-order valence-corrected chi connectivity index (χ0v) is 33.9. The Morgan fingerprint density at radius 3 is 1.68 bits per heavy atom. The predicted molar refractivity (Wildman–Crippen MR) is 220 cm³/mol. The number of azide groups is 4. The molecule has 0 bridgehead atoms. The molecule has 3 aromatic rings. The van der Waals surface area contributed by atoms with Crippen molar-refractivity contribution in [2.45, 2.75) is 118 Å². The molecular formula is C40H49N13O9. The van der Waals surface area contributed by atoms with Gasteiger partial charge in [-0.15, -0.1) is 0 Å². The van der Waals surface area contributed by atoms with Gasteiger partial charge in [0.1, 0.15) is 36.0 Å². The number of hydrogen-bond donors (Lipinski definition) is 3. The fraction of sp³-hybridized carbons (Fsp3) is 0.550. The van der Waals surface area contributed by atoms with Crippen LogP contribution in [0.5, 0.6) is 0 Å². The molecule has 2 heterocycles. The third-order valence-electron chi connectivity index (χ3n) is 10.8. The number of ether oxygens (including phenoxy) is 7. The summed E-state index contributed by atoms with van der Waals surface area (Å²) >= 11 is 0. The first-order valence-electron chi connectivity index (χ1n) is 20.3. The van der Waals surface area contributed by atoms with Crippen molar-refractivity contribution in [1.29, 1.82) is 0 Å². The van der Waals surface area contributed by atoms with E-state index in [0.29, 0.717) is 5.56 Å². The summed E-state index contributed by atoms with van der Waals surface area (Å²) in [7, 11) is 1.64. The summed E-state index contributed by atoms with van der Waals surface area (Å²) in [6.07, 6.45) is -13.1. The Hall–Kier alpha value is -5.50. The standard InChI is InChI=1S/C40H49N13O9/c1-40(55)23-59-39(36(37(40)45-2)58-22-26-16-10-5-11-17-26)62-33-28(48-52-43)18-27(47-51-42)32(31(33)54)61-38-30(49-53-44)35(57-21-25-14-8-4-9-15-25)34(29(60-38)19-46-50-41)56-20-24-12-6-3-7-13-24/h3-17,27-39,45,54-55H,18-23H2,1-2H3/t27-,28+,29+,30+,31-,32+,33-,34+,35+,36+,37+,38+,39+,40-/m0/s1/i30D. The Balaban J connectivity index is 1.35. The van der Waals surface area contributed by atoms with Crippen LogP contribution in [0.4, 0.5) is 0 Å². The normalized spacial score (nSPS) is 34.5. The summed E-state index contributed by atoms with van der Waals surface area (Å²) in [5.41, 5.74) is 39.5. The van der Waals surface area contributed by atoms with E-state index in [1.807, 2.05) is 66.7 Å². The van der Waals surface area contributed by atoms with Gasteiger partial charge < -0.3 is 48.7 Å². The fourth-order valence-electron chi connectivity index (χ4n) is 7.86. The van der Waals surface area contributed by atoms with Crippen LogP contribution >= 0.6 is 0 Å². The van der Waals surface area contributed by atoms with Gasteiger partial charge in [0.2, 0.25) is 0 Å². The Kier molecular flexibility index (Phi) is 16.2. The minimum atomic E-state index is -2.52. The molecule has 3 N–H and O–H groups in total. The molecule has 0 aromatic heterocycles. The molecule has 0 amide bonds. The van der Waals surface area contributed by atoms with Crippen molar-refractivity contribution in [1.82, 2.24) is 5.32 Å². The van der Waals surface area contributed by atoms with Crippen LogP contribution in [0, 0.1) is 0 Å². The molecule has 0 unspecified atom stereocenters. The third kappa shape index (κ3) is 11.5. The smallest absolute Gasteiger partial charge is 0.185 e. The summed E-state index contributed by atoms with van der Waals surface area (Å²) in [5.74, 6) is 0. The SMILES string of the molecule is [2H][C@]1(N=[N+]=[N-])[C@@H](O[C@H]2[C@H](O)[C@@H](O[C@H]3OC[C@](C)(O)[C@H](NC)[C@H]3OCc3ccccc3)[C@H](N=[N+]=[N-])C[C@@H]2N=[N+]=[N-])O[C@H](CN=[N+]=[N-])[C@@H](OCc2ccccc2)[C@@H]1OCc1ccccc1. The maximum absolute atomic E-state index is 12.3. The monoisotopic (exact) mass is 856 g/mol. The van der Waals surface area contributed by atoms with Gasteiger partial charge in [-0.25, -0.2) is 0 Å².